The fourth-order valence-electron chi connectivity index (χ4n) is 1.64. The van der Waals surface area contributed by atoms with E-state index in [1.54, 1.807) is 0 Å². The van der Waals surface area contributed by atoms with Gasteiger partial charge in [-0.3, -0.25) is 0 Å². The van der Waals surface area contributed by atoms with E-state index in [0.29, 0.717) is 24.9 Å². The number of benzene rings is 1. The third kappa shape index (κ3) is 3.39. The SMILES string of the molecule is CCOC(OCC)c1nc(-c2ccc(C)cc2)no1. The molecule has 102 valence electrons. The lowest BCUT2D eigenvalue weighted by molar-refractivity contribution is -0.155. The molecule has 0 bridgehead atoms. The van der Waals surface area contributed by atoms with Crippen LogP contribution < -0.4 is 0 Å². The first kappa shape index (κ1) is 13.7. The summed E-state index contributed by atoms with van der Waals surface area (Å²) in [5.74, 6) is 0.888. The third-order valence-corrected chi connectivity index (χ3v) is 2.59. The van der Waals surface area contributed by atoms with Crippen LogP contribution in [0.1, 0.15) is 31.6 Å². The Morgan fingerprint density at radius 3 is 2.32 bits per heavy atom. The molecule has 0 amide bonds. The number of ether oxygens (including phenoxy) is 2. The monoisotopic (exact) mass is 262 g/mol. The van der Waals surface area contributed by atoms with Crippen LogP contribution in [-0.2, 0) is 9.47 Å². The number of hydrogen-bond acceptors (Lipinski definition) is 5. The van der Waals surface area contributed by atoms with Gasteiger partial charge in [-0.1, -0.05) is 35.0 Å². The van der Waals surface area contributed by atoms with Crippen LogP contribution in [0.15, 0.2) is 28.8 Å². The van der Waals surface area contributed by atoms with Gasteiger partial charge in [-0.05, 0) is 20.8 Å². The summed E-state index contributed by atoms with van der Waals surface area (Å²) in [6.07, 6.45) is -0.596. The van der Waals surface area contributed by atoms with Gasteiger partial charge in [0, 0.05) is 18.8 Å². The highest BCUT2D eigenvalue weighted by Gasteiger charge is 2.20. The minimum atomic E-state index is -0.596. The molecule has 0 saturated heterocycles. The minimum absolute atomic E-state index is 0.347. The summed E-state index contributed by atoms with van der Waals surface area (Å²) in [6.45, 7) is 6.86. The normalized spacial score (nSPS) is 11.2. The minimum Gasteiger partial charge on any atom is -0.345 e. The van der Waals surface area contributed by atoms with Gasteiger partial charge in [-0.25, -0.2) is 0 Å². The first-order valence-corrected chi connectivity index (χ1v) is 6.38. The van der Waals surface area contributed by atoms with Gasteiger partial charge >= 0.3 is 0 Å². The van der Waals surface area contributed by atoms with Gasteiger partial charge in [-0.2, -0.15) is 4.98 Å². The zero-order chi connectivity index (χ0) is 13.7. The van der Waals surface area contributed by atoms with E-state index in [2.05, 4.69) is 10.1 Å². The van der Waals surface area contributed by atoms with E-state index in [4.69, 9.17) is 14.0 Å². The highest BCUT2D eigenvalue weighted by Crippen LogP contribution is 2.21. The smallest absolute Gasteiger partial charge is 0.283 e. The molecule has 1 heterocycles. The first-order chi connectivity index (χ1) is 9.24. The number of aryl methyl sites for hydroxylation is 1. The lowest BCUT2D eigenvalue weighted by Gasteiger charge is -2.11. The van der Waals surface area contributed by atoms with E-state index in [0.717, 1.165) is 5.56 Å². The maximum atomic E-state index is 5.42. The van der Waals surface area contributed by atoms with Gasteiger partial charge in [-0.15, -0.1) is 0 Å². The Hall–Kier alpha value is -1.72. The zero-order valence-electron chi connectivity index (χ0n) is 11.4. The second-order valence-corrected chi connectivity index (χ2v) is 4.06. The van der Waals surface area contributed by atoms with E-state index in [1.165, 1.54) is 5.56 Å². The summed E-state index contributed by atoms with van der Waals surface area (Å²) < 4.78 is 16.0. The summed E-state index contributed by atoms with van der Waals surface area (Å²) in [6, 6.07) is 7.93. The summed E-state index contributed by atoms with van der Waals surface area (Å²) in [4.78, 5) is 4.32. The van der Waals surface area contributed by atoms with Crippen molar-refractivity contribution >= 4 is 0 Å². The van der Waals surface area contributed by atoms with Crippen molar-refractivity contribution in [1.29, 1.82) is 0 Å². The Kier molecular flexibility index (Phi) is 4.65. The van der Waals surface area contributed by atoms with Gasteiger partial charge in [0.25, 0.3) is 5.89 Å². The average Bonchev–Trinajstić information content (AvgIpc) is 2.89. The molecule has 5 heteroatoms. The molecule has 0 aliphatic rings. The van der Waals surface area contributed by atoms with Crippen molar-refractivity contribution in [1.82, 2.24) is 10.1 Å². The number of rotatable bonds is 6. The van der Waals surface area contributed by atoms with Crippen LogP contribution in [-0.4, -0.2) is 23.4 Å². The van der Waals surface area contributed by atoms with Crippen LogP contribution in [0.4, 0.5) is 0 Å². The molecule has 2 rings (SSSR count). The van der Waals surface area contributed by atoms with E-state index in [1.807, 2.05) is 45.0 Å². The summed E-state index contributed by atoms with van der Waals surface area (Å²) in [7, 11) is 0. The van der Waals surface area contributed by atoms with Crippen LogP contribution in [0, 0.1) is 6.92 Å². The number of nitrogens with zero attached hydrogens (tertiary/aromatic N) is 2. The molecule has 0 aliphatic carbocycles. The molecule has 0 radical (unpaired) electrons. The van der Waals surface area contributed by atoms with Gasteiger partial charge in [0.1, 0.15) is 0 Å². The fourth-order valence-corrected chi connectivity index (χ4v) is 1.64. The second-order valence-electron chi connectivity index (χ2n) is 4.06. The molecule has 5 nitrogen and oxygen atoms in total. The summed E-state index contributed by atoms with van der Waals surface area (Å²) >= 11 is 0. The Labute approximate surface area is 112 Å². The molecule has 0 saturated carbocycles. The van der Waals surface area contributed by atoms with Crippen molar-refractivity contribution in [3.05, 3.63) is 35.7 Å². The molecule has 0 atom stereocenters. The van der Waals surface area contributed by atoms with E-state index in [-0.39, 0.29) is 0 Å². The highest BCUT2D eigenvalue weighted by atomic mass is 16.7. The molecular weight excluding hydrogens is 244 g/mol. The molecule has 0 fully saturated rings. The van der Waals surface area contributed by atoms with Crippen molar-refractivity contribution in [2.45, 2.75) is 27.1 Å². The maximum Gasteiger partial charge on any atom is 0.283 e. The van der Waals surface area contributed by atoms with Crippen LogP contribution in [0.5, 0.6) is 0 Å². The molecule has 0 aliphatic heterocycles. The first-order valence-electron chi connectivity index (χ1n) is 6.38. The van der Waals surface area contributed by atoms with E-state index < -0.39 is 6.29 Å². The quantitative estimate of drug-likeness (QED) is 0.749. The van der Waals surface area contributed by atoms with Gasteiger partial charge in [0.05, 0.1) is 0 Å². The topological polar surface area (TPSA) is 57.4 Å². The van der Waals surface area contributed by atoms with Crippen molar-refractivity contribution in [2.24, 2.45) is 0 Å². The van der Waals surface area contributed by atoms with Crippen LogP contribution in [0.2, 0.25) is 0 Å². The predicted octanol–water partition coefficient (Wildman–Crippen LogP) is 3.12. The molecule has 19 heavy (non-hydrogen) atoms. The second kappa shape index (κ2) is 6.45. The largest absolute Gasteiger partial charge is 0.345 e. The predicted molar refractivity (Wildman–Crippen MR) is 70.5 cm³/mol. The van der Waals surface area contributed by atoms with Crippen molar-refractivity contribution in [2.75, 3.05) is 13.2 Å². The summed E-state index contributed by atoms with van der Waals surface area (Å²) in [5.41, 5.74) is 2.10. The molecule has 0 unspecified atom stereocenters. The average molecular weight is 262 g/mol. The molecule has 1 aromatic heterocycles. The van der Waals surface area contributed by atoms with Crippen LogP contribution >= 0.6 is 0 Å². The van der Waals surface area contributed by atoms with Crippen molar-refractivity contribution in [3.63, 3.8) is 0 Å². The van der Waals surface area contributed by atoms with Gasteiger partial charge in [0.2, 0.25) is 12.1 Å². The Morgan fingerprint density at radius 1 is 1.11 bits per heavy atom. The molecule has 0 N–H and O–H groups in total. The Morgan fingerprint density at radius 2 is 1.74 bits per heavy atom. The number of hydrogen-bond donors (Lipinski definition) is 0. The van der Waals surface area contributed by atoms with Crippen molar-refractivity contribution < 1.29 is 14.0 Å². The van der Waals surface area contributed by atoms with Crippen LogP contribution in [0.25, 0.3) is 11.4 Å². The summed E-state index contributed by atoms with van der Waals surface area (Å²) in [5, 5.41) is 3.96. The number of aromatic nitrogens is 2. The van der Waals surface area contributed by atoms with E-state index in [9.17, 15) is 0 Å². The van der Waals surface area contributed by atoms with Crippen LogP contribution in [0.3, 0.4) is 0 Å². The zero-order valence-corrected chi connectivity index (χ0v) is 11.4. The Balaban J connectivity index is 2.19. The molecule has 0 spiro atoms. The molecule has 1 aromatic carbocycles. The molecule has 2 aromatic rings. The van der Waals surface area contributed by atoms with Gasteiger partial charge in [0.15, 0.2) is 0 Å². The maximum absolute atomic E-state index is 5.42. The standard InChI is InChI=1S/C14H18N2O3/c1-4-17-14(18-5-2)13-15-12(16-19-13)11-8-6-10(3)7-9-11/h6-9,14H,4-5H2,1-3H3. The lowest BCUT2D eigenvalue weighted by atomic mass is 10.1. The van der Waals surface area contributed by atoms with Gasteiger partial charge < -0.3 is 14.0 Å². The van der Waals surface area contributed by atoms with Crippen molar-refractivity contribution in [3.8, 4) is 11.4 Å². The van der Waals surface area contributed by atoms with E-state index >= 15 is 0 Å². The lowest BCUT2D eigenvalue weighted by Crippen LogP contribution is -2.09. The highest BCUT2D eigenvalue weighted by molar-refractivity contribution is 5.54. The Bertz CT molecular complexity index is 502. The molecular formula is C14H18N2O3. The fraction of sp³-hybridized carbons (Fsp3) is 0.429. The third-order valence-electron chi connectivity index (χ3n) is 2.59.